The molecule has 2 heterocycles. The molecule has 0 fully saturated rings. The van der Waals surface area contributed by atoms with Gasteiger partial charge in [0.1, 0.15) is 23.4 Å². The molecule has 6 nitrogen and oxygen atoms in total. The average molecular weight is 502 g/mol. The number of ketones is 1. The highest BCUT2D eigenvalue weighted by Crippen LogP contribution is 2.37. The number of amides is 1. The Bertz CT molecular complexity index is 1550. The van der Waals surface area contributed by atoms with Crippen molar-refractivity contribution in [1.29, 1.82) is 0 Å². The fraction of sp³-hybridized carbons (Fsp3) is 0.0625. The summed E-state index contributed by atoms with van der Waals surface area (Å²) in [6, 6.07) is 31.0. The molecule has 0 spiro atoms. The second kappa shape index (κ2) is 9.75. The number of para-hydroxylation sites is 3. The van der Waals surface area contributed by atoms with E-state index < -0.39 is 6.09 Å². The van der Waals surface area contributed by atoms with Crippen LogP contribution in [-0.4, -0.2) is 18.0 Å². The minimum absolute atomic E-state index is 0.194. The van der Waals surface area contributed by atoms with Crippen LogP contribution in [0.1, 0.15) is 22.8 Å². The van der Waals surface area contributed by atoms with Gasteiger partial charge in [0.05, 0.1) is 16.9 Å². The number of Topliss-reactive ketones (excluding diaryl/α,β-unsaturated/α-hetero) is 1. The zero-order valence-electron chi connectivity index (χ0n) is 20.5. The Morgan fingerprint density at radius 3 is 2.21 bits per heavy atom. The second-order valence-corrected chi connectivity index (χ2v) is 8.91. The number of carbonyl (C=O) groups is 2. The smallest absolute Gasteiger partial charge is 0.424 e. The largest absolute Gasteiger partial charge is 0.485 e. The van der Waals surface area contributed by atoms with E-state index in [1.54, 1.807) is 24.3 Å². The minimum atomic E-state index is -0.584. The number of rotatable bonds is 4. The van der Waals surface area contributed by atoms with Crippen molar-refractivity contribution in [2.24, 2.45) is 0 Å². The molecule has 4 aromatic rings. The molecule has 1 atom stereocenters. The number of anilines is 2. The van der Waals surface area contributed by atoms with Gasteiger partial charge in [-0.25, -0.2) is 9.69 Å². The number of hydrogen-bond donors (Lipinski definition) is 0. The van der Waals surface area contributed by atoms with Crippen molar-refractivity contribution in [2.45, 2.75) is 13.0 Å². The first-order chi connectivity index (χ1) is 18.6. The molecule has 0 saturated heterocycles. The van der Waals surface area contributed by atoms with Crippen LogP contribution >= 0.6 is 0 Å². The lowest BCUT2D eigenvalue weighted by molar-refractivity contribution is 0.101. The van der Waals surface area contributed by atoms with E-state index in [1.807, 2.05) is 97.9 Å². The lowest BCUT2D eigenvalue weighted by Crippen LogP contribution is -2.29. The summed E-state index contributed by atoms with van der Waals surface area (Å²) < 4.78 is 17.6. The van der Waals surface area contributed by atoms with Crippen molar-refractivity contribution in [3.8, 4) is 17.2 Å². The van der Waals surface area contributed by atoms with Crippen molar-refractivity contribution in [3.63, 3.8) is 0 Å². The van der Waals surface area contributed by atoms with Gasteiger partial charge in [-0.3, -0.25) is 4.79 Å². The van der Waals surface area contributed by atoms with Crippen LogP contribution in [0.5, 0.6) is 17.2 Å². The summed E-state index contributed by atoms with van der Waals surface area (Å²) in [5.41, 5.74) is 3.51. The topological polar surface area (TPSA) is 65.1 Å². The van der Waals surface area contributed by atoms with Crippen LogP contribution in [0.15, 0.2) is 121 Å². The molecule has 4 aromatic carbocycles. The Morgan fingerprint density at radius 1 is 0.842 bits per heavy atom. The molecule has 6 heteroatoms. The second-order valence-electron chi connectivity index (χ2n) is 8.91. The summed E-state index contributed by atoms with van der Waals surface area (Å²) in [6.45, 7) is 1.92. The molecule has 0 saturated carbocycles. The SMILES string of the molecule is C[C@@H]1Oc2ccccc2C=C1C=C1Oc2cc(OC(=O)N(c3ccccc3)c3ccccc3)ccc2C1=O. The molecule has 38 heavy (non-hydrogen) atoms. The molecular weight excluding hydrogens is 478 g/mol. The van der Waals surface area contributed by atoms with Crippen molar-refractivity contribution >= 4 is 29.3 Å². The third-order valence-electron chi connectivity index (χ3n) is 6.37. The van der Waals surface area contributed by atoms with Crippen LogP contribution < -0.4 is 19.1 Å². The van der Waals surface area contributed by atoms with Gasteiger partial charge in [0.2, 0.25) is 5.78 Å². The Labute approximate surface area is 220 Å². The highest BCUT2D eigenvalue weighted by molar-refractivity contribution is 6.12. The predicted octanol–water partition coefficient (Wildman–Crippen LogP) is 7.35. The highest BCUT2D eigenvalue weighted by atomic mass is 16.6. The van der Waals surface area contributed by atoms with E-state index >= 15 is 0 Å². The molecule has 0 radical (unpaired) electrons. The number of hydrogen-bond acceptors (Lipinski definition) is 5. The van der Waals surface area contributed by atoms with Gasteiger partial charge in [-0.15, -0.1) is 0 Å². The molecule has 0 bridgehead atoms. The summed E-state index contributed by atoms with van der Waals surface area (Å²) in [6.07, 6.45) is 2.88. The van der Waals surface area contributed by atoms with Gasteiger partial charge in [-0.2, -0.15) is 0 Å². The minimum Gasteiger partial charge on any atom is -0.485 e. The van der Waals surface area contributed by atoms with Gasteiger partial charge in [0, 0.05) is 11.6 Å². The van der Waals surface area contributed by atoms with E-state index in [-0.39, 0.29) is 23.4 Å². The summed E-state index contributed by atoms with van der Waals surface area (Å²) in [5.74, 6) is 1.36. The standard InChI is InChI=1S/C32H23NO5/c1-21-23(18-22-10-8-9-15-28(22)36-21)19-30-31(34)27-17-16-26(20-29(27)38-30)37-32(35)33(24-11-4-2-5-12-24)25-13-6-3-7-14-25/h2-21H,1H3/t21-/m0/s1. The Hall–Kier alpha value is -5.10. The maximum atomic E-state index is 13.3. The van der Waals surface area contributed by atoms with Crippen LogP contribution in [0.3, 0.4) is 0 Å². The third kappa shape index (κ3) is 4.44. The molecule has 1 amide bonds. The van der Waals surface area contributed by atoms with Crippen molar-refractivity contribution in [2.75, 3.05) is 4.90 Å². The molecule has 0 unspecified atom stereocenters. The van der Waals surface area contributed by atoms with E-state index in [2.05, 4.69) is 0 Å². The van der Waals surface area contributed by atoms with Gasteiger partial charge < -0.3 is 14.2 Å². The predicted molar refractivity (Wildman–Crippen MR) is 145 cm³/mol. The first kappa shape index (κ1) is 23.3. The molecular formula is C32H23NO5. The number of benzene rings is 4. The van der Waals surface area contributed by atoms with Crippen molar-refractivity contribution in [1.82, 2.24) is 0 Å². The van der Waals surface area contributed by atoms with Crippen molar-refractivity contribution < 1.29 is 23.8 Å². The summed E-state index contributed by atoms with van der Waals surface area (Å²) in [5, 5.41) is 0. The molecule has 186 valence electrons. The average Bonchev–Trinajstić information content (AvgIpc) is 3.24. The maximum Gasteiger partial charge on any atom is 0.424 e. The van der Waals surface area contributed by atoms with E-state index in [0.29, 0.717) is 22.7 Å². The van der Waals surface area contributed by atoms with E-state index in [9.17, 15) is 9.59 Å². The van der Waals surface area contributed by atoms with E-state index in [4.69, 9.17) is 14.2 Å². The number of nitrogens with zero attached hydrogens (tertiary/aromatic N) is 1. The third-order valence-corrected chi connectivity index (χ3v) is 6.37. The summed E-state index contributed by atoms with van der Waals surface area (Å²) >= 11 is 0. The zero-order valence-corrected chi connectivity index (χ0v) is 20.5. The zero-order chi connectivity index (χ0) is 26.1. The van der Waals surface area contributed by atoms with Crippen LogP contribution in [0.25, 0.3) is 6.08 Å². The summed E-state index contributed by atoms with van der Waals surface area (Å²) in [7, 11) is 0. The van der Waals surface area contributed by atoms with Crippen molar-refractivity contribution in [3.05, 3.63) is 132 Å². The molecule has 2 aliphatic heterocycles. The number of carbonyl (C=O) groups excluding carboxylic acids is 2. The fourth-order valence-electron chi connectivity index (χ4n) is 4.46. The van der Waals surface area contributed by atoms with Crippen LogP contribution in [0, 0.1) is 0 Å². The highest BCUT2D eigenvalue weighted by Gasteiger charge is 2.30. The Kier molecular flexibility index (Phi) is 5.98. The van der Waals surface area contributed by atoms with Gasteiger partial charge in [0.15, 0.2) is 5.76 Å². The normalized spacial score (nSPS) is 16.6. The maximum absolute atomic E-state index is 13.3. The van der Waals surface area contributed by atoms with E-state index in [0.717, 1.165) is 16.9 Å². The van der Waals surface area contributed by atoms with E-state index in [1.165, 1.54) is 4.90 Å². The first-order valence-corrected chi connectivity index (χ1v) is 12.2. The molecule has 0 aliphatic carbocycles. The van der Waals surface area contributed by atoms with Crippen LogP contribution in [0.4, 0.5) is 16.2 Å². The molecule has 0 N–H and O–H groups in total. The number of fused-ring (bicyclic) bond motifs is 2. The summed E-state index contributed by atoms with van der Waals surface area (Å²) in [4.78, 5) is 27.8. The van der Waals surface area contributed by atoms with Gasteiger partial charge in [-0.05, 0) is 67.1 Å². The monoisotopic (exact) mass is 501 g/mol. The fourth-order valence-corrected chi connectivity index (χ4v) is 4.46. The lowest BCUT2D eigenvalue weighted by Gasteiger charge is -2.22. The number of allylic oxidation sites excluding steroid dienone is 1. The first-order valence-electron chi connectivity index (χ1n) is 12.2. The Morgan fingerprint density at radius 2 is 1.50 bits per heavy atom. The van der Waals surface area contributed by atoms with Crippen LogP contribution in [-0.2, 0) is 0 Å². The lowest BCUT2D eigenvalue weighted by atomic mass is 10.0. The molecule has 0 aromatic heterocycles. The number of ether oxygens (including phenoxy) is 3. The van der Waals surface area contributed by atoms with Gasteiger partial charge in [-0.1, -0.05) is 54.6 Å². The molecule has 2 aliphatic rings. The van der Waals surface area contributed by atoms with Gasteiger partial charge >= 0.3 is 6.09 Å². The Balaban J connectivity index is 1.25. The molecule has 6 rings (SSSR count). The quantitative estimate of drug-likeness (QED) is 0.274. The van der Waals surface area contributed by atoms with Gasteiger partial charge in [0.25, 0.3) is 0 Å². The van der Waals surface area contributed by atoms with Crippen LogP contribution in [0.2, 0.25) is 0 Å².